The van der Waals surface area contributed by atoms with Crippen LogP contribution in [-0.2, 0) is 0 Å². The zero-order chi connectivity index (χ0) is 15.1. The normalized spacial score (nSPS) is 27.1. The van der Waals surface area contributed by atoms with E-state index in [0.717, 1.165) is 24.8 Å². The van der Waals surface area contributed by atoms with Gasteiger partial charge in [-0.15, -0.1) is 0 Å². The summed E-state index contributed by atoms with van der Waals surface area (Å²) >= 11 is 0. The number of carbonyl (C=O) groups excluding carboxylic acids is 1. The molecule has 1 aromatic carbocycles. The van der Waals surface area contributed by atoms with Crippen molar-refractivity contribution in [3.8, 4) is 11.5 Å². The molecular weight excluding hydrogens is 280 g/mol. The number of aromatic nitrogens is 2. The molecular formula is C16H18N4O2. The second-order valence-corrected chi connectivity index (χ2v) is 6.11. The van der Waals surface area contributed by atoms with Crippen molar-refractivity contribution in [2.75, 3.05) is 0 Å². The van der Waals surface area contributed by atoms with E-state index in [1.807, 2.05) is 12.1 Å². The molecule has 1 saturated carbocycles. The molecule has 3 atom stereocenters. The Hall–Kier alpha value is -2.37. The van der Waals surface area contributed by atoms with Crippen LogP contribution in [0.3, 0.4) is 0 Å². The predicted molar refractivity (Wildman–Crippen MR) is 80.3 cm³/mol. The van der Waals surface area contributed by atoms with E-state index in [-0.39, 0.29) is 18.1 Å². The van der Waals surface area contributed by atoms with Crippen LogP contribution >= 0.6 is 0 Å². The summed E-state index contributed by atoms with van der Waals surface area (Å²) < 4.78 is 5.20. The lowest BCUT2D eigenvalue weighted by Gasteiger charge is -2.31. The molecule has 1 aromatic heterocycles. The van der Waals surface area contributed by atoms with Crippen molar-refractivity contribution < 1.29 is 9.32 Å². The molecule has 2 heterocycles. The molecule has 2 aliphatic rings. The Bertz CT molecular complexity index is 698. The summed E-state index contributed by atoms with van der Waals surface area (Å²) in [5.74, 6) is 1.01. The molecule has 1 aliphatic carbocycles. The maximum atomic E-state index is 11.5. The van der Waals surface area contributed by atoms with Crippen molar-refractivity contribution in [3.05, 3.63) is 35.7 Å². The van der Waals surface area contributed by atoms with Gasteiger partial charge in [0.05, 0.1) is 12.1 Å². The number of benzene rings is 1. The molecule has 1 aliphatic heterocycles. The minimum Gasteiger partial charge on any atom is -0.334 e. The van der Waals surface area contributed by atoms with Crippen molar-refractivity contribution in [3.63, 3.8) is 0 Å². The maximum absolute atomic E-state index is 11.5. The van der Waals surface area contributed by atoms with Crippen LogP contribution in [-0.4, -0.2) is 28.3 Å². The van der Waals surface area contributed by atoms with Gasteiger partial charge in [-0.1, -0.05) is 17.3 Å². The van der Waals surface area contributed by atoms with Crippen LogP contribution < -0.4 is 10.6 Å². The number of hydrogen-bond acceptors (Lipinski definition) is 4. The van der Waals surface area contributed by atoms with Gasteiger partial charge in [-0.3, -0.25) is 0 Å². The molecule has 3 unspecified atom stereocenters. The van der Waals surface area contributed by atoms with Crippen LogP contribution in [0.2, 0.25) is 0 Å². The number of amides is 2. The molecule has 1 saturated heterocycles. The summed E-state index contributed by atoms with van der Waals surface area (Å²) in [5.41, 5.74) is 3.49. The molecule has 0 spiro atoms. The third-order valence-electron chi connectivity index (χ3n) is 4.89. The Morgan fingerprint density at radius 1 is 1.23 bits per heavy atom. The Morgan fingerprint density at radius 3 is 2.91 bits per heavy atom. The Labute approximate surface area is 128 Å². The number of carbonyl (C=O) groups is 1. The first kappa shape index (κ1) is 13.3. The van der Waals surface area contributed by atoms with Crippen molar-refractivity contribution in [1.29, 1.82) is 0 Å². The van der Waals surface area contributed by atoms with Crippen LogP contribution in [0.4, 0.5) is 4.79 Å². The summed E-state index contributed by atoms with van der Waals surface area (Å²) in [6.45, 7) is 2.10. The molecule has 2 amide bonds. The van der Waals surface area contributed by atoms with Crippen molar-refractivity contribution in [2.45, 2.75) is 44.2 Å². The van der Waals surface area contributed by atoms with Gasteiger partial charge in [0.15, 0.2) is 6.33 Å². The Balaban J connectivity index is 1.63. The van der Waals surface area contributed by atoms with Gasteiger partial charge < -0.3 is 15.2 Å². The maximum Gasteiger partial charge on any atom is 0.315 e. The molecule has 0 bridgehead atoms. The average Bonchev–Trinajstić information content (AvgIpc) is 3.15. The first-order valence-electron chi connectivity index (χ1n) is 7.66. The van der Waals surface area contributed by atoms with E-state index < -0.39 is 0 Å². The number of hydrogen-bond donors (Lipinski definition) is 2. The Kier molecular flexibility index (Phi) is 3.10. The smallest absolute Gasteiger partial charge is 0.315 e. The molecule has 6 heteroatoms. The van der Waals surface area contributed by atoms with Gasteiger partial charge in [-0.2, -0.15) is 4.98 Å². The van der Waals surface area contributed by atoms with Crippen LogP contribution in [0.5, 0.6) is 0 Å². The van der Waals surface area contributed by atoms with Gasteiger partial charge in [-0.05, 0) is 49.3 Å². The fourth-order valence-corrected chi connectivity index (χ4v) is 3.78. The van der Waals surface area contributed by atoms with Gasteiger partial charge in [0.1, 0.15) is 0 Å². The highest BCUT2D eigenvalue weighted by Crippen LogP contribution is 2.38. The molecule has 2 fully saturated rings. The number of nitrogens with one attached hydrogen (secondary N) is 2. The second-order valence-electron chi connectivity index (χ2n) is 6.11. The van der Waals surface area contributed by atoms with E-state index in [9.17, 15) is 4.79 Å². The van der Waals surface area contributed by atoms with Crippen molar-refractivity contribution in [2.24, 2.45) is 0 Å². The number of nitrogens with zero attached hydrogens (tertiary/aromatic N) is 2. The van der Waals surface area contributed by atoms with Gasteiger partial charge in [0, 0.05) is 5.56 Å². The SMILES string of the molecule is Cc1c(-c2ncno2)cccc1C1CCC2NC(=O)NC2C1. The van der Waals surface area contributed by atoms with E-state index in [1.54, 1.807) is 0 Å². The molecule has 2 N–H and O–H groups in total. The van der Waals surface area contributed by atoms with E-state index in [0.29, 0.717) is 11.8 Å². The van der Waals surface area contributed by atoms with Crippen LogP contribution in [0.25, 0.3) is 11.5 Å². The zero-order valence-corrected chi connectivity index (χ0v) is 12.4. The molecule has 0 radical (unpaired) electrons. The minimum atomic E-state index is -0.0352. The molecule has 22 heavy (non-hydrogen) atoms. The highest BCUT2D eigenvalue weighted by atomic mass is 16.5. The van der Waals surface area contributed by atoms with Crippen LogP contribution in [0.15, 0.2) is 29.0 Å². The standard InChI is InChI=1S/C16H18N4O2/c1-9-11(3-2-4-12(9)15-17-8-18-22-15)10-5-6-13-14(7-10)20-16(21)19-13/h2-4,8,10,13-14H,5-7H2,1H3,(H2,19,20,21). The average molecular weight is 298 g/mol. The van der Waals surface area contributed by atoms with Gasteiger partial charge in [-0.25, -0.2) is 4.79 Å². The molecule has 2 aromatic rings. The largest absolute Gasteiger partial charge is 0.334 e. The number of rotatable bonds is 2. The third kappa shape index (κ3) is 2.15. The summed E-state index contributed by atoms with van der Waals surface area (Å²) in [6, 6.07) is 6.70. The molecule has 6 nitrogen and oxygen atoms in total. The fraction of sp³-hybridized carbons (Fsp3) is 0.438. The summed E-state index contributed by atoms with van der Waals surface area (Å²) in [7, 11) is 0. The fourth-order valence-electron chi connectivity index (χ4n) is 3.78. The first-order valence-corrected chi connectivity index (χ1v) is 7.66. The topological polar surface area (TPSA) is 80.1 Å². The highest BCUT2D eigenvalue weighted by molar-refractivity contribution is 5.77. The molecule has 114 valence electrons. The van der Waals surface area contributed by atoms with Gasteiger partial charge >= 0.3 is 6.03 Å². The molecule has 4 rings (SSSR count). The van der Waals surface area contributed by atoms with E-state index in [2.05, 4.69) is 33.8 Å². The minimum absolute atomic E-state index is 0.0352. The van der Waals surface area contributed by atoms with E-state index in [1.165, 1.54) is 17.5 Å². The summed E-state index contributed by atoms with van der Waals surface area (Å²) in [4.78, 5) is 15.6. The quantitative estimate of drug-likeness (QED) is 0.892. The van der Waals surface area contributed by atoms with Crippen LogP contribution in [0.1, 0.15) is 36.3 Å². The lowest BCUT2D eigenvalue weighted by molar-refractivity contribution is 0.247. The van der Waals surface area contributed by atoms with E-state index >= 15 is 0 Å². The lowest BCUT2D eigenvalue weighted by atomic mass is 9.77. The number of fused-ring (bicyclic) bond motifs is 1. The monoisotopic (exact) mass is 298 g/mol. The number of urea groups is 1. The second kappa shape index (κ2) is 5.12. The highest BCUT2D eigenvalue weighted by Gasteiger charge is 2.37. The lowest BCUT2D eigenvalue weighted by Crippen LogP contribution is -2.39. The third-order valence-corrected chi connectivity index (χ3v) is 4.89. The summed E-state index contributed by atoms with van der Waals surface area (Å²) in [5, 5.41) is 9.71. The first-order chi connectivity index (χ1) is 10.7. The van der Waals surface area contributed by atoms with Gasteiger partial charge in [0.2, 0.25) is 0 Å². The predicted octanol–water partition coefficient (Wildman–Crippen LogP) is 2.36. The van der Waals surface area contributed by atoms with Crippen molar-refractivity contribution in [1.82, 2.24) is 20.8 Å². The van der Waals surface area contributed by atoms with Crippen LogP contribution in [0, 0.1) is 6.92 Å². The van der Waals surface area contributed by atoms with Gasteiger partial charge in [0.25, 0.3) is 5.89 Å². The van der Waals surface area contributed by atoms with E-state index in [4.69, 9.17) is 4.52 Å². The Morgan fingerprint density at radius 2 is 2.09 bits per heavy atom. The van der Waals surface area contributed by atoms with Crippen molar-refractivity contribution >= 4 is 6.03 Å². The summed E-state index contributed by atoms with van der Waals surface area (Å²) in [6.07, 6.45) is 4.49. The zero-order valence-electron chi connectivity index (χ0n) is 12.4.